The fourth-order valence-electron chi connectivity index (χ4n) is 4.79. The predicted octanol–water partition coefficient (Wildman–Crippen LogP) is 4.95. The van der Waals surface area contributed by atoms with Gasteiger partial charge >= 0.3 is 0 Å². The average molecular weight is 535 g/mol. The van der Waals surface area contributed by atoms with Crippen molar-refractivity contribution in [2.75, 3.05) is 6.54 Å². The number of amides is 1. The van der Waals surface area contributed by atoms with Gasteiger partial charge in [0.2, 0.25) is 10.0 Å². The molecule has 0 spiro atoms. The van der Waals surface area contributed by atoms with Gasteiger partial charge in [0.15, 0.2) is 0 Å². The lowest BCUT2D eigenvalue weighted by molar-refractivity contribution is -0.124. The zero-order chi connectivity index (χ0) is 26.0. The van der Waals surface area contributed by atoms with E-state index in [1.807, 2.05) is 30.5 Å². The van der Waals surface area contributed by atoms with Crippen molar-refractivity contribution >= 4 is 44.6 Å². The van der Waals surface area contributed by atoms with E-state index in [-0.39, 0.29) is 11.4 Å². The number of sulfonamides is 1. The van der Waals surface area contributed by atoms with Gasteiger partial charge in [-0.15, -0.1) is 0 Å². The van der Waals surface area contributed by atoms with E-state index in [0.717, 1.165) is 16.5 Å². The number of para-hydroxylation sites is 1. The number of benzene rings is 3. The minimum atomic E-state index is -3.83. The molecule has 1 aliphatic heterocycles. The van der Waals surface area contributed by atoms with Gasteiger partial charge < -0.3 is 4.57 Å². The lowest BCUT2D eigenvalue weighted by Crippen LogP contribution is -2.44. The standard InChI is InChI=1S/C28H27ClN4O3S/c1-20-6-4-7-21(16-20)18-32-19-22(25-8-2-3-9-26(25)32)17-30-31-28(34)27-10-5-15-33(27)37(35,36)24-13-11-23(29)12-14-24/h2-4,6-9,11-14,16-17,19,27H,5,10,15,18H2,1H3,(H,31,34)/b30-17-/t27-/m0/s1. The van der Waals surface area contributed by atoms with Gasteiger partial charge in [-0.1, -0.05) is 59.6 Å². The molecule has 0 bridgehead atoms. The summed E-state index contributed by atoms with van der Waals surface area (Å²) in [7, 11) is -3.83. The molecule has 7 nitrogen and oxygen atoms in total. The van der Waals surface area contributed by atoms with Gasteiger partial charge in [-0.25, -0.2) is 13.8 Å². The Labute approximate surface area is 221 Å². The van der Waals surface area contributed by atoms with E-state index in [9.17, 15) is 13.2 Å². The smallest absolute Gasteiger partial charge is 0.258 e. The van der Waals surface area contributed by atoms with Crippen molar-refractivity contribution in [1.29, 1.82) is 0 Å². The monoisotopic (exact) mass is 534 g/mol. The highest BCUT2D eigenvalue weighted by atomic mass is 35.5. The van der Waals surface area contributed by atoms with E-state index >= 15 is 0 Å². The molecule has 1 aliphatic rings. The number of hydrogen-bond donors (Lipinski definition) is 1. The van der Waals surface area contributed by atoms with E-state index in [0.29, 0.717) is 24.4 Å². The molecule has 1 aromatic heterocycles. The van der Waals surface area contributed by atoms with Gasteiger partial charge in [0, 0.05) is 40.8 Å². The van der Waals surface area contributed by atoms with E-state index in [4.69, 9.17) is 11.6 Å². The molecule has 1 fully saturated rings. The second kappa shape index (κ2) is 10.5. The van der Waals surface area contributed by atoms with Crippen molar-refractivity contribution in [2.45, 2.75) is 37.2 Å². The Morgan fingerprint density at radius 3 is 2.68 bits per heavy atom. The van der Waals surface area contributed by atoms with Crippen LogP contribution in [0.1, 0.15) is 29.5 Å². The Morgan fingerprint density at radius 2 is 1.89 bits per heavy atom. The summed E-state index contributed by atoms with van der Waals surface area (Å²) in [4.78, 5) is 13.1. The third-order valence-electron chi connectivity index (χ3n) is 6.56. The lowest BCUT2D eigenvalue weighted by atomic mass is 10.1. The molecule has 1 N–H and O–H groups in total. The van der Waals surface area contributed by atoms with Crippen LogP contribution in [-0.4, -0.2) is 42.0 Å². The highest BCUT2D eigenvalue weighted by Crippen LogP contribution is 2.27. The second-order valence-corrected chi connectivity index (χ2v) is 11.5. The summed E-state index contributed by atoms with van der Waals surface area (Å²) in [5.74, 6) is -0.449. The number of fused-ring (bicyclic) bond motifs is 1. The molecule has 5 rings (SSSR count). The second-order valence-electron chi connectivity index (χ2n) is 9.18. The van der Waals surface area contributed by atoms with E-state index in [2.05, 4.69) is 46.3 Å². The number of hydrazone groups is 1. The van der Waals surface area contributed by atoms with Crippen LogP contribution in [-0.2, 0) is 21.4 Å². The third-order valence-corrected chi connectivity index (χ3v) is 8.73. The summed E-state index contributed by atoms with van der Waals surface area (Å²) < 4.78 is 29.7. The number of carbonyl (C=O) groups is 1. The maximum absolute atomic E-state index is 13.1. The van der Waals surface area contributed by atoms with Crippen LogP contribution < -0.4 is 5.43 Å². The number of hydrogen-bond acceptors (Lipinski definition) is 4. The molecule has 9 heteroatoms. The zero-order valence-corrected chi connectivity index (χ0v) is 21.9. The maximum Gasteiger partial charge on any atom is 0.258 e. The van der Waals surface area contributed by atoms with Crippen molar-refractivity contribution in [2.24, 2.45) is 5.10 Å². The number of carbonyl (C=O) groups excluding carboxylic acids is 1. The van der Waals surface area contributed by atoms with Crippen LogP contribution in [0.25, 0.3) is 10.9 Å². The molecule has 0 radical (unpaired) electrons. The van der Waals surface area contributed by atoms with Crippen molar-refractivity contribution < 1.29 is 13.2 Å². The summed E-state index contributed by atoms with van der Waals surface area (Å²) in [6.07, 6.45) is 4.65. The molecule has 190 valence electrons. The average Bonchev–Trinajstić information content (AvgIpc) is 3.51. The molecule has 0 unspecified atom stereocenters. The van der Waals surface area contributed by atoms with Crippen LogP contribution in [0.2, 0.25) is 5.02 Å². The Kier molecular flexibility index (Phi) is 7.15. The zero-order valence-electron chi connectivity index (χ0n) is 20.3. The quantitative estimate of drug-likeness (QED) is 0.269. The Bertz CT molecular complexity index is 1580. The highest BCUT2D eigenvalue weighted by molar-refractivity contribution is 7.89. The van der Waals surface area contributed by atoms with E-state index in [1.54, 1.807) is 6.21 Å². The number of aromatic nitrogens is 1. The fourth-order valence-corrected chi connectivity index (χ4v) is 6.57. The molecule has 2 heterocycles. The molecule has 4 aromatic rings. The topological polar surface area (TPSA) is 83.8 Å². The van der Waals surface area contributed by atoms with Crippen LogP contribution in [0, 0.1) is 6.92 Å². The van der Waals surface area contributed by atoms with Crippen molar-refractivity contribution in [3.8, 4) is 0 Å². The van der Waals surface area contributed by atoms with Gasteiger partial charge in [-0.05, 0) is 55.7 Å². The first kappa shape index (κ1) is 25.2. The summed E-state index contributed by atoms with van der Waals surface area (Å²) in [5.41, 5.74) is 6.89. The first-order chi connectivity index (χ1) is 17.8. The molecule has 1 atom stereocenters. The molecule has 1 saturated heterocycles. The number of nitrogens with one attached hydrogen (secondary N) is 1. The van der Waals surface area contributed by atoms with Crippen LogP contribution in [0.3, 0.4) is 0 Å². The third kappa shape index (κ3) is 5.32. The number of aryl methyl sites for hydroxylation is 1. The lowest BCUT2D eigenvalue weighted by Gasteiger charge is -2.22. The van der Waals surface area contributed by atoms with Gasteiger partial charge in [0.25, 0.3) is 5.91 Å². The normalized spacial score (nSPS) is 16.5. The summed E-state index contributed by atoms with van der Waals surface area (Å²) >= 11 is 5.90. The van der Waals surface area contributed by atoms with Crippen LogP contribution in [0.5, 0.6) is 0 Å². The van der Waals surface area contributed by atoms with Gasteiger partial charge in [0.05, 0.1) is 11.1 Å². The van der Waals surface area contributed by atoms with Crippen molar-refractivity contribution in [1.82, 2.24) is 14.3 Å². The molecule has 0 saturated carbocycles. The van der Waals surface area contributed by atoms with Gasteiger partial charge in [-0.2, -0.15) is 9.41 Å². The Hall–Kier alpha value is -3.46. The molecule has 37 heavy (non-hydrogen) atoms. The van der Waals surface area contributed by atoms with Crippen LogP contribution in [0.15, 0.2) is 89.0 Å². The fraction of sp³-hybridized carbons (Fsp3) is 0.214. The Balaban J connectivity index is 1.33. The molecular formula is C28H27ClN4O3S. The first-order valence-electron chi connectivity index (χ1n) is 12.1. The van der Waals surface area contributed by atoms with Gasteiger partial charge in [-0.3, -0.25) is 4.79 Å². The highest BCUT2D eigenvalue weighted by Gasteiger charge is 2.39. The number of rotatable bonds is 7. The van der Waals surface area contributed by atoms with E-state index in [1.165, 1.54) is 39.7 Å². The van der Waals surface area contributed by atoms with E-state index < -0.39 is 22.0 Å². The van der Waals surface area contributed by atoms with Crippen molar-refractivity contribution in [3.05, 3.63) is 101 Å². The van der Waals surface area contributed by atoms with Gasteiger partial charge in [0.1, 0.15) is 6.04 Å². The summed E-state index contributed by atoms with van der Waals surface area (Å²) in [6, 6.07) is 21.6. The Morgan fingerprint density at radius 1 is 1.11 bits per heavy atom. The largest absolute Gasteiger partial charge is 0.342 e. The molecule has 0 aliphatic carbocycles. The number of nitrogens with zero attached hydrogens (tertiary/aromatic N) is 3. The number of halogens is 1. The minimum Gasteiger partial charge on any atom is -0.342 e. The SMILES string of the molecule is Cc1cccc(Cn2cc(/C=N\NC(=O)[C@@H]3CCCN3S(=O)(=O)c3ccc(Cl)cc3)c3ccccc32)c1. The molecule has 1 amide bonds. The summed E-state index contributed by atoms with van der Waals surface area (Å²) in [5, 5.41) is 5.66. The maximum atomic E-state index is 13.1. The van der Waals surface area contributed by atoms with Crippen LogP contribution >= 0.6 is 11.6 Å². The van der Waals surface area contributed by atoms with Crippen molar-refractivity contribution in [3.63, 3.8) is 0 Å². The molecular weight excluding hydrogens is 508 g/mol. The predicted molar refractivity (Wildman–Crippen MR) is 146 cm³/mol. The minimum absolute atomic E-state index is 0.113. The first-order valence-corrected chi connectivity index (χ1v) is 13.9. The molecule has 3 aromatic carbocycles. The van der Waals surface area contributed by atoms with Crippen LogP contribution in [0.4, 0.5) is 0 Å². The summed E-state index contributed by atoms with van der Waals surface area (Å²) in [6.45, 7) is 3.06.